The Kier molecular flexibility index (Phi) is 6.52. The van der Waals surface area contributed by atoms with Crippen LogP contribution in [-0.4, -0.2) is 38.0 Å². The molecule has 0 spiro atoms. The van der Waals surface area contributed by atoms with Gasteiger partial charge in [0.25, 0.3) is 0 Å². The topological polar surface area (TPSA) is 99.5 Å². The standard InChI is InChI=1S/C21H23N3O4S/c1-29(26,27)24-10-8-18(9-11-24)21(25)23-19-6-3-7-20(13-19)28-15-17-5-2-4-16(12-17)14-22/h2-7,12-13,18H,8-11,15H2,1H3,(H,23,25). The average Bonchev–Trinajstić information content (AvgIpc) is 2.72. The van der Waals surface area contributed by atoms with Crippen LogP contribution in [0.4, 0.5) is 5.69 Å². The second-order valence-electron chi connectivity index (χ2n) is 7.05. The summed E-state index contributed by atoms with van der Waals surface area (Å²) in [7, 11) is -3.21. The molecule has 1 amide bonds. The van der Waals surface area contributed by atoms with Gasteiger partial charge in [-0.25, -0.2) is 12.7 Å². The van der Waals surface area contributed by atoms with E-state index in [4.69, 9.17) is 10.00 Å². The number of benzene rings is 2. The fourth-order valence-electron chi connectivity index (χ4n) is 3.25. The normalized spacial score (nSPS) is 15.4. The predicted molar refractivity (Wildman–Crippen MR) is 110 cm³/mol. The number of carbonyl (C=O) groups excluding carboxylic acids is 1. The van der Waals surface area contributed by atoms with E-state index in [-0.39, 0.29) is 11.8 Å². The Labute approximate surface area is 171 Å². The predicted octanol–water partition coefficient (Wildman–Crippen LogP) is 2.75. The largest absolute Gasteiger partial charge is 0.489 e. The molecule has 1 saturated heterocycles. The Morgan fingerprint density at radius 1 is 1.21 bits per heavy atom. The molecule has 2 aromatic carbocycles. The van der Waals surface area contributed by atoms with Crippen LogP contribution in [0.3, 0.4) is 0 Å². The number of nitriles is 1. The number of carbonyl (C=O) groups is 1. The molecule has 8 heteroatoms. The molecule has 0 aromatic heterocycles. The molecule has 1 N–H and O–H groups in total. The van der Waals surface area contributed by atoms with Crippen molar-refractivity contribution in [1.29, 1.82) is 5.26 Å². The van der Waals surface area contributed by atoms with E-state index in [0.717, 1.165) is 5.56 Å². The summed E-state index contributed by atoms with van der Waals surface area (Å²) in [5, 5.41) is 11.9. The van der Waals surface area contributed by atoms with Gasteiger partial charge in [-0.3, -0.25) is 4.79 Å². The van der Waals surface area contributed by atoms with Gasteiger partial charge in [0.05, 0.1) is 17.9 Å². The van der Waals surface area contributed by atoms with Gasteiger partial charge >= 0.3 is 0 Å². The van der Waals surface area contributed by atoms with Crippen molar-refractivity contribution < 1.29 is 17.9 Å². The molecular weight excluding hydrogens is 390 g/mol. The molecule has 152 valence electrons. The van der Waals surface area contributed by atoms with Crippen LogP contribution in [0.2, 0.25) is 0 Å². The van der Waals surface area contributed by atoms with Crippen LogP contribution in [0, 0.1) is 17.2 Å². The van der Waals surface area contributed by atoms with Crippen LogP contribution in [0.15, 0.2) is 48.5 Å². The van der Waals surface area contributed by atoms with Gasteiger partial charge in [0.2, 0.25) is 15.9 Å². The average molecular weight is 413 g/mol. The SMILES string of the molecule is CS(=O)(=O)N1CCC(C(=O)Nc2cccc(OCc3cccc(C#N)c3)c2)CC1. The number of nitrogens with zero attached hydrogens (tertiary/aromatic N) is 2. The van der Waals surface area contributed by atoms with Gasteiger partial charge in [0.1, 0.15) is 12.4 Å². The zero-order valence-corrected chi connectivity index (χ0v) is 17.0. The van der Waals surface area contributed by atoms with Crippen molar-refractivity contribution in [3.63, 3.8) is 0 Å². The second kappa shape index (κ2) is 9.07. The van der Waals surface area contributed by atoms with Gasteiger partial charge in [-0.05, 0) is 42.7 Å². The zero-order chi connectivity index (χ0) is 20.9. The summed E-state index contributed by atoms with van der Waals surface area (Å²) in [6.07, 6.45) is 2.20. The maximum Gasteiger partial charge on any atom is 0.227 e. The Morgan fingerprint density at radius 2 is 1.93 bits per heavy atom. The number of amides is 1. The number of piperidine rings is 1. The first-order chi connectivity index (χ1) is 13.8. The van der Waals surface area contributed by atoms with Crippen molar-refractivity contribution in [2.45, 2.75) is 19.4 Å². The second-order valence-corrected chi connectivity index (χ2v) is 9.04. The van der Waals surface area contributed by atoms with Crippen LogP contribution in [0.1, 0.15) is 24.0 Å². The summed E-state index contributed by atoms with van der Waals surface area (Å²) in [6, 6.07) is 16.4. The van der Waals surface area contributed by atoms with E-state index in [2.05, 4.69) is 11.4 Å². The number of sulfonamides is 1. The molecule has 1 aliphatic rings. The third kappa shape index (κ3) is 5.79. The van der Waals surface area contributed by atoms with E-state index in [1.165, 1.54) is 10.6 Å². The van der Waals surface area contributed by atoms with Crippen molar-refractivity contribution in [3.8, 4) is 11.8 Å². The third-order valence-corrected chi connectivity index (χ3v) is 6.16. The van der Waals surface area contributed by atoms with E-state index in [1.807, 2.05) is 12.1 Å². The molecule has 0 unspecified atom stereocenters. The maximum absolute atomic E-state index is 12.5. The van der Waals surface area contributed by atoms with Crippen LogP contribution >= 0.6 is 0 Å². The van der Waals surface area contributed by atoms with E-state index in [9.17, 15) is 13.2 Å². The zero-order valence-electron chi connectivity index (χ0n) is 16.2. The molecule has 2 aromatic rings. The molecule has 0 saturated carbocycles. The Hall–Kier alpha value is -2.89. The fraction of sp³-hybridized carbons (Fsp3) is 0.333. The molecule has 29 heavy (non-hydrogen) atoms. The molecule has 0 bridgehead atoms. The van der Waals surface area contributed by atoms with E-state index in [0.29, 0.717) is 49.5 Å². The molecule has 3 rings (SSSR count). The highest BCUT2D eigenvalue weighted by Crippen LogP contribution is 2.23. The Bertz CT molecular complexity index is 1020. The summed E-state index contributed by atoms with van der Waals surface area (Å²) in [4.78, 5) is 12.5. The molecule has 0 aliphatic carbocycles. The highest BCUT2D eigenvalue weighted by molar-refractivity contribution is 7.88. The summed E-state index contributed by atoms with van der Waals surface area (Å²) >= 11 is 0. The van der Waals surface area contributed by atoms with Crippen LogP contribution in [0.25, 0.3) is 0 Å². The van der Waals surface area contributed by atoms with E-state index >= 15 is 0 Å². The summed E-state index contributed by atoms with van der Waals surface area (Å²) < 4.78 is 30.4. The van der Waals surface area contributed by atoms with Gasteiger partial charge in [-0.2, -0.15) is 5.26 Å². The minimum atomic E-state index is -3.21. The van der Waals surface area contributed by atoms with Crippen LogP contribution in [-0.2, 0) is 21.4 Å². The first kappa shape index (κ1) is 20.8. The number of hydrogen-bond acceptors (Lipinski definition) is 5. The van der Waals surface area contributed by atoms with Gasteiger partial charge in [-0.1, -0.05) is 18.2 Å². The van der Waals surface area contributed by atoms with Crippen molar-refractivity contribution in [2.75, 3.05) is 24.7 Å². The minimum absolute atomic E-state index is 0.114. The summed E-state index contributed by atoms with van der Waals surface area (Å²) in [5.41, 5.74) is 2.09. The van der Waals surface area contributed by atoms with Gasteiger partial charge in [0, 0.05) is 30.8 Å². The van der Waals surface area contributed by atoms with Crippen LogP contribution in [0.5, 0.6) is 5.75 Å². The molecule has 0 atom stereocenters. The first-order valence-electron chi connectivity index (χ1n) is 9.33. The van der Waals surface area contributed by atoms with Crippen LogP contribution < -0.4 is 10.1 Å². The van der Waals surface area contributed by atoms with Crippen molar-refractivity contribution in [3.05, 3.63) is 59.7 Å². The molecule has 1 heterocycles. The number of anilines is 1. The molecule has 7 nitrogen and oxygen atoms in total. The molecule has 0 radical (unpaired) electrons. The number of nitrogens with one attached hydrogen (secondary N) is 1. The van der Waals surface area contributed by atoms with Crippen molar-refractivity contribution >= 4 is 21.6 Å². The first-order valence-corrected chi connectivity index (χ1v) is 11.2. The molecular formula is C21H23N3O4S. The van der Waals surface area contributed by atoms with Gasteiger partial charge < -0.3 is 10.1 Å². The Balaban J connectivity index is 1.55. The smallest absolute Gasteiger partial charge is 0.227 e. The quantitative estimate of drug-likeness (QED) is 0.785. The van der Waals surface area contributed by atoms with Gasteiger partial charge in [0.15, 0.2) is 0 Å². The number of hydrogen-bond donors (Lipinski definition) is 1. The molecule has 1 fully saturated rings. The lowest BCUT2D eigenvalue weighted by atomic mass is 9.97. The van der Waals surface area contributed by atoms with E-state index in [1.54, 1.807) is 36.4 Å². The highest BCUT2D eigenvalue weighted by atomic mass is 32.2. The summed E-state index contributed by atoms with van der Waals surface area (Å²) in [5.74, 6) is 0.278. The van der Waals surface area contributed by atoms with Crippen molar-refractivity contribution in [1.82, 2.24) is 4.31 Å². The molecule has 1 aliphatic heterocycles. The maximum atomic E-state index is 12.5. The third-order valence-electron chi connectivity index (χ3n) is 4.86. The monoisotopic (exact) mass is 413 g/mol. The lowest BCUT2D eigenvalue weighted by Crippen LogP contribution is -2.40. The Morgan fingerprint density at radius 3 is 2.62 bits per heavy atom. The fourth-order valence-corrected chi connectivity index (χ4v) is 4.13. The van der Waals surface area contributed by atoms with E-state index < -0.39 is 10.0 Å². The number of ether oxygens (including phenoxy) is 1. The minimum Gasteiger partial charge on any atom is -0.489 e. The lowest BCUT2D eigenvalue weighted by Gasteiger charge is -2.29. The van der Waals surface area contributed by atoms with Gasteiger partial charge in [-0.15, -0.1) is 0 Å². The number of rotatable bonds is 6. The highest BCUT2D eigenvalue weighted by Gasteiger charge is 2.28. The lowest BCUT2D eigenvalue weighted by molar-refractivity contribution is -0.120. The summed E-state index contributed by atoms with van der Waals surface area (Å²) in [6.45, 7) is 1.04. The van der Waals surface area contributed by atoms with Crippen molar-refractivity contribution in [2.24, 2.45) is 5.92 Å².